The van der Waals surface area contributed by atoms with Gasteiger partial charge in [0.2, 0.25) is 5.91 Å². The number of fused-ring (bicyclic) bond motifs is 2. The Hall–Kier alpha value is -4.15. The number of carboxylic acids is 1. The van der Waals surface area contributed by atoms with Gasteiger partial charge in [-0.1, -0.05) is 49.4 Å². The minimum atomic E-state index is -1.29. The van der Waals surface area contributed by atoms with Crippen molar-refractivity contribution in [1.29, 1.82) is 0 Å². The Labute approximate surface area is 240 Å². The Kier molecular flexibility index (Phi) is 8.18. The van der Waals surface area contributed by atoms with Gasteiger partial charge in [0.1, 0.15) is 11.3 Å². The molecule has 0 fully saturated rings. The van der Waals surface area contributed by atoms with Crippen molar-refractivity contribution in [2.24, 2.45) is 0 Å². The predicted molar refractivity (Wildman–Crippen MR) is 160 cm³/mol. The lowest BCUT2D eigenvalue weighted by atomic mass is 10.1. The van der Waals surface area contributed by atoms with Crippen molar-refractivity contribution >= 4 is 58.5 Å². The molecule has 1 aliphatic carbocycles. The van der Waals surface area contributed by atoms with Crippen LogP contribution < -0.4 is 15.5 Å². The zero-order valence-electron chi connectivity index (χ0n) is 21.5. The van der Waals surface area contributed by atoms with Crippen LogP contribution in [0.4, 0.5) is 21.9 Å². The Bertz CT molecular complexity index is 1520. The molecule has 3 unspecified atom stereocenters. The van der Waals surface area contributed by atoms with Gasteiger partial charge in [-0.3, -0.25) is 9.69 Å². The van der Waals surface area contributed by atoms with Gasteiger partial charge in [0, 0.05) is 21.2 Å². The van der Waals surface area contributed by atoms with E-state index in [9.17, 15) is 24.6 Å². The molecule has 4 N–H and O–H groups in total. The fraction of sp³-hybridized carbons (Fsp3) is 0.167. The maximum atomic E-state index is 13.6. The van der Waals surface area contributed by atoms with Crippen molar-refractivity contribution in [3.8, 4) is 5.75 Å². The number of aromatic hydroxyl groups is 1. The van der Waals surface area contributed by atoms with Crippen LogP contribution in [-0.2, 0) is 4.79 Å². The molecule has 0 saturated heterocycles. The van der Waals surface area contributed by atoms with Gasteiger partial charge in [-0.2, -0.15) is 0 Å². The second kappa shape index (κ2) is 11.9. The number of nitrogens with zero attached hydrogens (tertiary/aromatic N) is 1. The van der Waals surface area contributed by atoms with E-state index < -0.39 is 11.2 Å². The van der Waals surface area contributed by atoms with Gasteiger partial charge >= 0.3 is 12.0 Å². The number of hydrogen-bond acceptors (Lipinski definition) is 6. The lowest BCUT2D eigenvalue weighted by Gasteiger charge is -2.40. The number of anilines is 3. The van der Waals surface area contributed by atoms with Crippen LogP contribution in [0.5, 0.6) is 5.75 Å². The van der Waals surface area contributed by atoms with Crippen LogP contribution in [0.25, 0.3) is 0 Å². The summed E-state index contributed by atoms with van der Waals surface area (Å²) in [5.41, 5.74) is 1.46. The van der Waals surface area contributed by atoms with Gasteiger partial charge in [0.05, 0.1) is 22.2 Å². The SMILES string of the molecule is CCC(Sc1cccc(NC(=O)N2c3ccccc3SC3C=CC=CC32)c1)C(=O)Nc1ccc(O)c(C(=O)O)c1. The number of rotatable bonds is 7. The van der Waals surface area contributed by atoms with E-state index in [1.54, 1.807) is 16.7 Å². The smallest absolute Gasteiger partial charge is 0.339 e. The lowest BCUT2D eigenvalue weighted by Crippen LogP contribution is -2.49. The summed E-state index contributed by atoms with van der Waals surface area (Å²) in [4.78, 5) is 41.6. The largest absolute Gasteiger partial charge is 0.507 e. The molecular formula is C30H27N3O5S2. The summed E-state index contributed by atoms with van der Waals surface area (Å²) in [6.07, 6.45) is 8.63. The number of thioether (sulfide) groups is 2. The monoisotopic (exact) mass is 573 g/mol. The van der Waals surface area contributed by atoms with E-state index in [-0.39, 0.29) is 40.2 Å². The molecular weight excluding hydrogens is 546 g/mol. The predicted octanol–water partition coefficient (Wildman–Crippen LogP) is 6.61. The molecule has 204 valence electrons. The number of carbonyl (C=O) groups is 3. The highest BCUT2D eigenvalue weighted by Crippen LogP contribution is 2.43. The minimum Gasteiger partial charge on any atom is -0.507 e. The highest BCUT2D eigenvalue weighted by atomic mass is 32.2. The number of aromatic carboxylic acids is 1. The van der Waals surface area contributed by atoms with Gasteiger partial charge in [0.25, 0.3) is 0 Å². The zero-order chi connectivity index (χ0) is 28.2. The third-order valence-electron chi connectivity index (χ3n) is 6.48. The van der Waals surface area contributed by atoms with Crippen LogP contribution in [0.1, 0.15) is 23.7 Å². The van der Waals surface area contributed by atoms with Crippen molar-refractivity contribution in [2.45, 2.75) is 39.7 Å². The molecule has 8 nitrogen and oxygen atoms in total. The van der Waals surface area contributed by atoms with Gasteiger partial charge in [-0.15, -0.1) is 23.5 Å². The Morgan fingerprint density at radius 3 is 2.55 bits per heavy atom. The number of nitrogens with one attached hydrogen (secondary N) is 2. The van der Waals surface area contributed by atoms with Crippen LogP contribution in [0.15, 0.2) is 101 Å². The number of amides is 3. The molecule has 0 spiro atoms. The number of carbonyl (C=O) groups excluding carboxylic acids is 2. The first-order chi connectivity index (χ1) is 19.3. The van der Waals surface area contributed by atoms with E-state index in [2.05, 4.69) is 16.7 Å². The third-order valence-corrected chi connectivity index (χ3v) is 9.15. The fourth-order valence-electron chi connectivity index (χ4n) is 4.55. The Morgan fingerprint density at radius 2 is 1.75 bits per heavy atom. The molecule has 5 rings (SSSR count). The summed E-state index contributed by atoms with van der Waals surface area (Å²) < 4.78 is 0. The van der Waals surface area contributed by atoms with Gasteiger partial charge in [-0.05, 0) is 55.0 Å². The molecule has 3 atom stereocenters. The van der Waals surface area contributed by atoms with Crippen molar-refractivity contribution < 1.29 is 24.6 Å². The molecule has 10 heteroatoms. The first-order valence-corrected chi connectivity index (χ1v) is 14.4. The summed E-state index contributed by atoms with van der Waals surface area (Å²) in [5.74, 6) is -1.95. The number of hydrogen-bond donors (Lipinski definition) is 4. The van der Waals surface area contributed by atoms with E-state index in [1.807, 2.05) is 73.7 Å². The lowest BCUT2D eigenvalue weighted by molar-refractivity contribution is -0.115. The molecule has 0 radical (unpaired) electrons. The van der Waals surface area contributed by atoms with Crippen LogP contribution in [-0.4, -0.2) is 44.7 Å². The molecule has 3 aromatic rings. The van der Waals surface area contributed by atoms with Crippen molar-refractivity contribution in [1.82, 2.24) is 0 Å². The number of benzene rings is 3. The van der Waals surface area contributed by atoms with E-state index in [1.165, 1.54) is 30.0 Å². The zero-order valence-corrected chi connectivity index (χ0v) is 23.1. The summed E-state index contributed by atoms with van der Waals surface area (Å²) in [7, 11) is 0. The van der Waals surface area contributed by atoms with Crippen molar-refractivity contribution in [3.63, 3.8) is 0 Å². The maximum Gasteiger partial charge on any atom is 0.339 e. The van der Waals surface area contributed by atoms with Gasteiger partial charge in [0.15, 0.2) is 0 Å². The molecule has 40 heavy (non-hydrogen) atoms. The van der Waals surface area contributed by atoms with Crippen LogP contribution in [0, 0.1) is 0 Å². The highest BCUT2D eigenvalue weighted by molar-refractivity contribution is 8.00. The van der Waals surface area contributed by atoms with E-state index >= 15 is 0 Å². The second-order valence-corrected chi connectivity index (χ2v) is 11.7. The maximum absolute atomic E-state index is 13.6. The highest BCUT2D eigenvalue weighted by Gasteiger charge is 2.36. The Balaban J connectivity index is 1.29. The molecule has 1 heterocycles. The fourth-order valence-corrected chi connectivity index (χ4v) is 6.82. The second-order valence-electron chi connectivity index (χ2n) is 9.18. The average Bonchev–Trinajstić information content (AvgIpc) is 2.95. The minimum absolute atomic E-state index is 0.114. The molecule has 3 amide bonds. The van der Waals surface area contributed by atoms with Crippen LogP contribution in [0.2, 0.25) is 0 Å². The van der Waals surface area contributed by atoms with E-state index in [4.69, 9.17) is 0 Å². The first-order valence-electron chi connectivity index (χ1n) is 12.7. The standard InChI is InChI=1S/C30H27N3O5S2/c1-2-25(28(35)31-19-14-15-24(34)21(17-19)29(36)37)39-20-9-7-8-18(16-20)32-30(38)33-22-10-3-5-12-26(22)40-27-13-6-4-11-23(27)33/h3-17,22,25-26,34H,2H2,1H3,(H,31,35)(H,32,38)(H,36,37). The topological polar surface area (TPSA) is 119 Å². The number of para-hydroxylation sites is 1. The third kappa shape index (κ3) is 5.88. The molecule has 3 aromatic carbocycles. The average molecular weight is 574 g/mol. The summed E-state index contributed by atoms with van der Waals surface area (Å²) in [6.45, 7) is 1.89. The first kappa shape index (κ1) is 27.4. The van der Waals surface area contributed by atoms with Gasteiger partial charge in [-0.25, -0.2) is 9.59 Å². The van der Waals surface area contributed by atoms with Crippen LogP contribution >= 0.6 is 23.5 Å². The van der Waals surface area contributed by atoms with E-state index in [0.717, 1.165) is 15.5 Å². The number of allylic oxidation sites excluding steroid dienone is 2. The van der Waals surface area contributed by atoms with Crippen molar-refractivity contribution in [2.75, 3.05) is 15.5 Å². The quantitative estimate of drug-likeness (QED) is 0.186. The summed E-state index contributed by atoms with van der Waals surface area (Å²) in [6, 6.07) is 18.8. The molecule has 0 saturated carbocycles. The number of urea groups is 1. The summed E-state index contributed by atoms with van der Waals surface area (Å²) in [5, 5.41) is 24.4. The van der Waals surface area contributed by atoms with Crippen molar-refractivity contribution in [3.05, 3.63) is 96.6 Å². The molecule has 2 aliphatic rings. The van der Waals surface area contributed by atoms with Crippen LogP contribution in [0.3, 0.4) is 0 Å². The normalized spacial score (nSPS) is 17.9. The van der Waals surface area contributed by atoms with E-state index in [0.29, 0.717) is 12.1 Å². The number of phenols is 1. The molecule has 1 aliphatic heterocycles. The molecule has 0 aromatic heterocycles. The molecule has 0 bridgehead atoms. The Morgan fingerprint density at radius 1 is 0.975 bits per heavy atom. The van der Waals surface area contributed by atoms with Gasteiger partial charge < -0.3 is 20.8 Å². The number of carboxylic acid groups (broad SMARTS) is 1. The summed E-state index contributed by atoms with van der Waals surface area (Å²) >= 11 is 3.09.